The molecule has 1 aromatic rings. The summed E-state index contributed by atoms with van der Waals surface area (Å²) in [6.45, 7) is 3.90. The van der Waals surface area contributed by atoms with Gasteiger partial charge in [-0.15, -0.1) is 5.10 Å². The molecule has 0 radical (unpaired) electrons. The Kier molecular flexibility index (Phi) is 4.58. The highest BCUT2D eigenvalue weighted by Gasteiger charge is 2.13. The lowest BCUT2D eigenvalue weighted by atomic mass is 10.1. The zero-order chi connectivity index (χ0) is 13.9. The fraction of sp³-hybridized carbons (Fsp3) is 0.500. The lowest BCUT2D eigenvalue weighted by molar-refractivity contribution is 0.602. The highest BCUT2D eigenvalue weighted by atomic mass is 32.2. The van der Waals surface area contributed by atoms with Gasteiger partial charge in [-0.2, -0.15) is 5.10 Å². The minimum Gasteiger partial charge on any atom is -0.389 e. The zero-order valence-electron chi connectivity index (χ0n) is 10.5. The lowest BCUT2D eigenvalue weighted by Gasteiger charge is -2.12. The second kappa shape index (κ2) is 5.57. The van der Waals surface area contributed by atoms with Crippen molar-refractivity contribution >= 4 is 32.9 Å². The summed E-state index contributed by atoms with van der Waals surface area (Å²) >= 11 is 4.97. The van der Waals surface area contributed by atoms with Crippen molar-refractivity contribution in [3.05, 3.63) is 16.8 Å². The van der Waals surface area contributed by atoms with E-state index in [1.54, 1.807) is 0 Å². The summed E-state index contributed by atoms with van der Waals surface area (Å²) < 4.78 is 22.1. The van der Waals surface area contributed by atoms with E-state index < -0.39 is 9.84 Å². The Morgan fingerprint density at radius 1 is 1.39 bits per heavy atom. The Balaban J connectivity index is 2.96. The van der Waals surface area contributed by atoms with Gasteiger partial charge in [0.15, 0.2) is 5.82 Å². The number of nitrogens with two attached hydrogens (primary N) is 1. The molecule has 0 atom stereocenters. The number of hydrogen-bond donors (Lipinski definition) is 2. The van der Waals surface area contributed by atoms with Gasteiger partial charge in [0.25, 0.3) is 0 Å². The molecule has 0 fully saturated rings. The molecule has 0 amide bonds. The van der Waals surface area contributed by atoms with E-state index >= 15 is 0 Å². The van der Waals surface area contributed by atoms with Crippen molar-refractivity contribution < 1.29 is 8.42 Å². The fourth-order valence-corrected chi connectivity index (χ4v) is 2.11. The van der Waals surface area contributed by atoms with Gasteiger partial charge in [-0.1, -0.05) is 12.2 Å². The van der Waals surface area contributed by atoms with Crippen LogP contribution in [0, 0.1) is 13.8 Å². The van der Waals surface area contributed by atoms with Crippen LogP contribution < -0.4 is 11.1 Å². The molecular formula is C10H16N4O2S2. The predicted octanol–water partition coefficient (Wildman–Crippen LogP) is 0.184. The van der Waals surface area contributed by atoms with E-state index in [1.807, 2.05) is 13.8 Å². The Hall–Kier alpha value is -1.28. The van der Waals surface area contributed by atoms with Gasteiger partial charge in [0, 0.05) is 12.8 Å². The van der Waals surface area contributed by atoms with E-state index in [-0.39, 0.29) is 17.3 Å². The van der Waals surface area contributed by atoms with Crippen molar-refractivity contribution in [1.29, 1.82) is 0 Å². The molecule has 18 heavy (non-hydrogen) atoms. The van der Waals surface area contributed by atoms with Crippen molar-refractivity contribution in [3.63, 3.8) is 0 Å². The van der Waals surface area contributed by atoms with E-state index in [0.29, 0.717) is 11.4 Å². The Bertz CT molecular complexity index is 569. The molecule has 0 unspecified atom stereocenters. The standard InChI is InChI=1S/C10H16N4O2S2/c1-6-7(2)13-14-10(8(6)9(11)17)12-4-5-18(3,15)16/h4-5H2,1-3H3,(H2,11,17)(H,12,14). The lowest BCUT2D eigenvalue weighted by Crippen LogP contribution is -2.21. The van der Waals surface area contributed by atoms with Gasteiger partial charge in [0.2, 0.25) is 0 Å². The maximum atomic E-state index is 11.0. The van der Waals surface area contributed by atoms with Crippen LogP contribution in [0.3, 0.4) is 0 Å². The molecule has 0 saturated carbocycles. The average Bonchev–Trinajstić information content (AvgIpc) is 2.21. The van der Waals surface area contributed by atoms with Gasteiger partial charge in [0.05, 0.1) is 17.0 Å². The van der Waals surface area contributed by atoms with E-state index in [9.17, 15) is 8.42 Å². The molecular weight excluding hydrogens is 272 g/mol. The Labute approximate surface area is 112 Å². The molecule has 0 aromatic carbocycles. The summed E-state index contributed by atoms with van der Waals surface area (Å²) in [5.74, 6) is 0.438. The zero-order valence-corrected chi connectivity index (χ0v) is 12.2. The minimum absolute atomic E-state index is 0.0123. The van der Waals surface area contributed by atoms with Crippen LogP contribution in [0.5, 0.6) is 0 Å². The number of anilines is 1. The normalized spacial score (nSPS) is 11.3. The summed E-state index contributed by atoms with van der Waals surface area (Å²) in [4.78, 5) is 0.215. The van der Waals surface area contributed by atoms with Crippen LogP contribution in [-0.2, 0) is 9.84 Å². The summed E-state index contributed by atoms with van der Waals surface area (Å²) in [6, 6.07) is 0. The highest BCUT2D eigenvalue weighted by Crippen LogP contribution is 2.17. The van der Waals surface area contributed by atoms with Crippen LogP contribution in [0.4, 0.5) is 5.82 Å². The molecule has 1 aromatic heterocycles. The maximum Gasteiger partial charge on any atom is 0.159 e. The van der Waals surface area contributed by atoms with Crippen molar-refractivity contribution in [2.45, 2.75) is 13.8 Å². The van der Waals surface area contributed by atoms with Crippen molar-refractivity contribution in [2.75, 3.05) is 23.9 Å². The molecule has 0 aliphatic carbocycles. The van der Waals surface area contributed by atoms with E-state index in [2.05, 4.69) is 15.5 Å². The first-order valence-electron chi connectivity index (χ1n) is 5.27. The van der Waals surface area contributed by atoms with Gasteiger partial charge >= 0.3 is 0 Å². The van der Waals surface area contributed by atoms with Gasteiger partial charge in [0.1, 0.15) is 14.8 Å². The summed E-state index contributed by atoms with van der Waals surface area (Å²) in [5, 5.41) is 10.8. The molecule has 0 aliphatic heterocycles. The molecule has 1 heterocycles. The SMILES string of the molecule is Cc1nnc(NCCS(C)(=O)=O)c(C(N)=S)c1C. The number of sulfone groups is 1. The predicted molar refractivity (Wildman–Crippen MR) is 75.6 cm³/mol. The van der Waals surface area contributed by atoms with Gasteiger partial charge in [-0.05, 0) is 19.4 Å². The van der Waals surface area contributed by atoms with Crippen LogP contribution in [-0.4, -0.2) is 42.2 Å². The van der Waals surface area contributed by atoms with E-state index in [0.717, 1.165) is 11.3 Å². The number of hydrogen-bond acceptors (Lipinski definition) is 6. The molecule has 1 rings (SSSR count). The quantitative estimate of drug-likeness (QED) is 0.746. The Morgan fingerprint density at radius 2 is 2.00 bits per heavy atom. The molecule has 0 aliphatic rings. The molecule has 0 bridgehead atoms. The first kappa shape index (κ1) is 14.8. The van der Waals surface area contributed by atoms with Gasteiger partial charge in [-0.3, -0.25) is 0 Å². The summed E-state index contributed by atoms with van der Waals surface area (Å²) in [5.41, 5.74) is 7.85. The number of aromatic nitrogens is 2. The minimum atomic E-state index is -3.02. The first-order valence-corrected chi connectivity index (χ1v) is 7.74. The third-order valence-electron chi connectivity index (χ3n) is 2.47. The topological polar surface area (TPSA) is 98.0 Å². The van der Waals surface area contributed by atoms with E-state index in [1.165, 1.54) is 6.26 Å². The second-order valence-corrected chi connectivity index (χ2v) is 6.75. The first-order chi connectivity index (χ1) is 8.22. The van der Waals surface area contributed by atoms with Crippen molar-refractivity contribution in [3.8, 4) is 0 Å². The van der Waals surface area contributed by atoms with E-state index in [4.69, 9.17) is 18.0 Å². The van der Waals surface area contributed by atoms with Crippen LogP contribution >= 0.6 is 12.2 Å². The maximum absolute atomic E-state index is 11.0. The highest BCUT2D eigenvalue weighted by molar-refractivity contribution is 7.90. The smallest absolute Gasteiger partial charge is 0.159 e. The number of rotatable bonds is 5. The molecule has 0 saturated heterocycles. The largest absolute Gasteiger partial charge is 0.389 e. The summed E-state index contributed by atoms with van der Waals surface area (Å²) in [6.07, 6.45) is 1.18. The third kappa shape index (κ3) is 3.88. The number of thiocarbonyl (C=S) groups is 1. The number of nitrogens with zero attached hydrogens (tertiary/aromatic N) is 2. The molecule has 8 heteroatoms. The van der Waals surface area contributed by atoms with Crippen molar-refractivity contribution in [2.24, 2.45) is 5.73 Å². The van der Waals surface area contributed by atoms with Crippen LogP contribution in [0.2, 0.25) is 0 Å². The number of nitrogens with one attached hydrogen (secondary N) is 1. The van der Waals surface area contributed by atoms with Crippen LogP contribution in [0.25, 0.3) is 0 Å². The van der Waals surface area contributed by atoms with Gasteiger partial charge < -0.3 is 11.1 Å². The van der Waals surface area contributed by atoms with Crippen LogP contribution in [0.1, 0.15) is 16.8 Å². The second-order valence-electron chi connectivity index (χ2n) is 4.05. The van der Waals surface area contributed by atoms with Crippen molar-refractivity contribution in [1.82, 2.24) is 10.2 Å². The molecule has 0 spiro atoms. The average molecular weight is 288 g/mol. The molecule has 3 N–H and O–H groups in total. The molecule has 6 nitrogen and oxygen atoms in total. The van der Waals surface area contributed by atoms with Crippen LogP contribution in [0.15, 0.2) is 0 Å². The summed E-state index contributed by atoms with van der Waals surface area (Å²) in [7, 11) is -3.02. The molecule has 100 valence electrons. The third-order valence-corrected chi connectivity index (χ3v) is 3.62. The fourth-order valence-electron chi connectivity index (χ4n) is 1.39. The van der Waals surface area contributed by atoms with Gasteiger partial charge in [-0.25, -0.2) is 8.42 Å². The monoisotopic (exact) mass is 288 g/mol. The Morgan fingerprint density at radius 3 is 2.50 bits per heavy atom. The number of aryl methyl sites for hydroxylation is 1.